The molecule has 1 aromatic carbocycles. The summed E-state index contributed by atoms with van der Waals surface area (Å²) < 4.78 is 51.8. The number of benzene rings is 1. The first-order chi connectivity index (χ1) is 16.7. The van der Waals surface area contributed by atoms with Gasteiger partial charge in [-0.3, -0.25) is 4.98 Å². The van der Waals surface area contributed by atoms with Crippen molar-refractivity contribution in [1.82, 2.24) is 15.0 Å². The van der Waals surface area contributed by atoms with E-state index in [1.54, 1.807) is 12.1 Å². The molecule has 0 radical (unpaired) electrons. The SMILES string of the molecule is C#CC(c1ccc(C(F)(F)F)nc1)C(N)CNc1nc(CO)c(-c2ccc3cnc(F)cc3c2)s1. The third-order valence-corrected chi connectivity index (χ3v) is 6.43. The zero-order chi connectivity index (χ0) is 25.2. The van der Waals surface area contributed by atoms with Crippen LogP contribution in [0.25, 0.3) is 21.2 Å². The quantitative estimate of drug-likeness (QED) is 0.195. The zero-order valence-electron chi connectivity index (χ0n) is 18.1. The van der Waals surface area contributed by atoms with Crippen LogP contribution in [0.1, 0.15) is 22.9 Å². The minimum absolute atomic E-state index is 0.169. The summed E-state index contributed by atoms with van der Waals surface area (Å²) in [5, 5.41) is 14.8. The molecule has 0 saturated heterocycles. The number of thiazole rings is 1. The summed E-state index contributed by atoms with van der Waals surface area (Å²) in [7, 11) is 0. The highest BCUT2D eigenvalue weighted by molar-refractivity contribution is 7.19. The van der Waals surface area contributed by atoms with Crippen molar-refractivity contribution in [2.45, 2.75) is 24.7 Å². The molecule has 0 fully saturated rings. The molecule has 0 aliphatic carbocycles. The fraction of sp³-hybridized carbons (Fsp3) is 0.208. The monoisotopic (exact) mass is 501 g/mol. The maximum absolute atomic E-state index is 13.5. The molecule has 0 bridgehead atoms. The molecule has 0 amide bonds. The molecule has 180 valence electrons. The lowest BCUT2D eigenvalue weighted by molar-refractivity contribution is -0.141. The molecular weight excluding hydrogens is 482 g/mol. The van der Waals surface area contributed by atoms with Gasteiger partial charge in [0, 0.05) is 36.4 Å². The number of nitrogens with two attached hydrogens (primary N) is 1. The first-order valence-electron chi connectivity index (χ1n) is 10.3. The highest BCUT2D eigenvalue weighted by Gasteiger charge is 2.32. The van der Waals surface area contributed by atoms with E-state index in [1.807, 2.05) is 6.07 Å². The number of nitrogens with zero attached hydrogens (tertiary/aromatic N) is 3. The Bertz CT molecular complexity index is 1380. The van der Waals surface area contributed by atoms with Gasteiger partial charge in [0.15, 0.2) is 5.13 Å². The molecule has 3 aromatic heterocycles. The second-order valence-electron chi connectivity index (χ2n) is 7.69. The topological polar surface area (TPSA) is 97.0 Å². The number of hydrogen-bond acceptors (Lipinski definition) is 7. The number of fused-ring (bicyclic) bond motifs is 1. The third kappa shape index (κ3) is 5.40. The summed E-state index contributed by atoms with van der Waals surface area (Å²) in [6, 6.07) is 8.23. The Kier molecular flexibility index (Phi) is 6.98. The number of halogens is 4. The van der Waals surface area contributed by atoms with Crippen LogP contribution in [0.3, 0.4) is 0 Å². The molecule has 0 spiro atoms. The van der Waals surface area contributed by atoms with Gasteiger partial charge >= 0.3 is 6.18 Å². The lowest BCUT2D eigenvalue weighted by Gasteiger charge is -2.20. The van der Waals surface area contributed by atoms with Crippen LogP contribution < -0.4 is 11.1 Å². The summed E-state index contributed by atoms with van der Waals surface area (Å²) in [4.78, 5) is 12.2. The molecule has 2 unspecified atom stereocenters. The maximum atomic E-state index is 13.5. The number of hydrogen-bond donors (Lipinski definition) is 3. The van der Waals surface area contributed by atoms with E-state index in [2.05, 4.69) is 26.2 Å². The van der Waals surface area contributed by atoms with E-state index < -0.39 is 29.8 Å². The van der Waals surface area contributed by atoms with Crippen molar-refractivity contribution in [3.05, 3.63) is 71.7 Å². The second-order valence-corrected chi connectivity index (χ2v) is 8.68. The smallest absolute Gasteiger partial charge is 0.390 e. The largest absolute Gasteiger partial charge is 0.433 e. The first kappa shape index (κ1) is 24.5. The minimum atomic E-state index is -4.54. The second kappa shape index (κ2) is 9.95. The van der Waals surface area contributed by atoms with Crippen LogP contribution >= 0.6 is 11.3 Å². The first-order valence-corrected chi connectivity index (χ1v) is 11.2. The molecule has 4 N–H and O–H groups in total. The number of terminal acetylenes is 1. The summed E-state index contributed by atoms with van der Waals surface area (Å²) >= 11 is 1.28. The molecule has 2 atom stereocenters. The average molecular weight is 502 g/mol. The normalized spacial score (nSPS) is 13.4. The Morgan fingerprint density at radius 2 is 1.91 bits per heavy atom. The zero-order valence-corrected chi connectivity index (χ0v) is 18.9. The predicted molar refractivity (Wildman–Crippen MR) is 126 cm³/mol. The van der Waals surface area contributed by atoms with Crippen molar-refractivity contribution in [2.75, 3.05) is 11.9 Å². The number of alkyl halides is 3. The minimum Gasteiger partial charge on any atom is -0.390 e. The van der Waals surface area contributed by atoms with Crippen molar-refractivity contribution in [2.24, 2.45) is 5.73 Å². The van der Waals surface area contributed by atoms with E-state index in [-0.39, 0.29) is 13.2 Å². The van der Waals surface area contributed by atoms with Gasteiger partial charge in [-0.15, -0.1) is 6.42 Å². The average Bonchev–Trinajstić information content (AvgIpc) is 3.26. The van der Waals surface area contributed by atoms with E-state index in [4.69, 9.17) is 12.2 Å². The maximum Gasteiger partial charge on any atom is 0.433 e. The number of nitrogens with one attached hydrogen (secondary N) is 1. The van der Waals surface area contributed by atoms with E-state index in [0.29, 0.717) is 26.7 Å². The number of aliphatic hydroxyl groups is 1. The molecule has 0 aliphatic rings. The fourth-order valence-electron chi connectivity index (χ4n) is 3.56. The molecule has 6 nitrogen and oxygen atoms in total. The Morgan fingerprint density at radius 1 is 1.11 bits per heavy atom. The van der Waals surface area contributed by atoms with E-state index in [1.165, 1.54) is 29.7 Å². The van der Waals surface area contributed by atoms with Gasteiger partial charge in [0.05, 0.1) is 23.1 Å². The summed E-state index contributed by atoms with van der Waals surface area (Å²) in [6.07, 6.45) is 3.57. The number of rotatable bonds is 7. The molecule has 11 heteroatoms. The third-order valence-electron chi connectivity index (χ3n) is 5.33. The Morgan fingerprint density at radius 3 is 2.57 bits per heavy atom. The molecule has 4 aromatic rings. The number of pyridine rings is 2. The molecule has 0 saturated carbocycles. The van der Waals surface area contributed by atoms with Crippen LogP contribution in [0.2, 0.25) is 0 Å². The van der Waals surface area contributed by atoms with E-state index in [0.717, 1.165) is 23.2 Å². The van der Waals surface area contributed by atoms with Crippen molar-refractivity contribution in [3.63, 3.8) is 0 Å². The highest BCUT2D eigenvalue weighted by atomic mass is 32.1. The van der Waals surface area contributed by atoms with Crippen molar-refractivity contribution < 1.29 is 22.7 Å². The lowest BCUT2D eigenvalue weighted by Crippen LogP contribution is -2.35. The summed E-state index contributed by atoms with van der Waals surface area (Å²) in [5.41, 5.74) is 6.79. The van der Waals surface area contributed by atoms with Gasteiger partial charge in [0.2, 0.25) is 5.95 Å². The Hall–Kier alpha value is -3.59. The van der Waals surface area contributed by atoms with Gasteiger partial charge in [0.25, 0.3) is 0 Å². The van der Waals surface area contributed by atoms with Gasteiger partial charge in [-0.05, 0) is 28.6 Å². The van der Waals surface area contributed by atoms with Crippen molar-refractivity contribution >= 4 is 27.2 Å². The molecular formula is C24H19F4N5OS. The van der Waals surface area contributed by atoms with E-state index >= 15 is 0 Å². The molecule has 35 heavy (non-hydrogen) atoms. The van der Waals surface area contributed by atoms with Crippen LogP contribution in [0, 0.1) is 18.3 Å². The molecule has 3 heterocycles. The predicted octanol–water partition coefficient (Wildman–Crippen LogP) is 4.56. The summed E-state index contributed by atoms with van der Waals surface area (Å²) in [6.45, 7) is -0.144. The van der Waals surface area contributed by atoms with Crippen LogP contribution in [0.15, 0.2) is 48.8 Å². The highest BCUT2D eigenvalue weighted by Crippen LogP contribution is 2.35. The van der Waals surface area contributed by atoms with Crippen molar-refractivity contribution in [1.29, 1.82) is 0 Å². The lowest BCUT2D eigenvalue weighted by atomic mass is 9.94. The fourth-order valence-corrected chi connectivity index (χ4v) is 4.54. The number of aliphatic hydroxyl groups excluding tert-OH is 1. The van der Waals surface area contributed by atoms with Gasteiger partial charge < -0.3 is 16.2 Å². The van der Waals surface area contributed by atoms with Gasteiger partial charge in [-0.2, -0.15) is 17.6 Å². The standard InChI is InChI=1S/C24H19F4N5OS/c1-2-17(15-5-6-20(30-10-15)24(26,27)28)18(29)11-32-23-33-19(12-34)22(35-23)13-3-4-14-9-31-21(25)8-16(14)7-13/h1,3-10,17-18,34H,11-12,29H2,(H,32,33). The molecule has 4 rings (SSSR count). The summed E-state index contributed by atoms with van der Waals surface area (Å²) in [5.74, 6) is 1.23. The number of aromatic nitrogens is 3. The number of anilines is 1. The van der Waals surface area contributed by atoms with Crippen LogP contribution in [-0.4, -0.2) is 32.6 Å². The Balaban J connectivity index is 1.50. The van der Waals surface area contributed by atoms with Crippen LogP contribution in [0.4, 0.5) is 22.7 Å². The van der Waals surface area contributed by atoms with Gasteiger partial charge in [-0.1, -0.05) is 35.5 Å². The van der Waals surface area contributed by atoms with Crippen molar-refractivity contribution in [3.8, 4) is 22.8 Å². The Labute approximate surface area is 201 Å². The van der Waals surface area contributed by atoms with Gasteiger partial charge in [-0.25, -0.2) is 9.97 Å². The van der Waals surface area contributed by atoms with E-state index in [9.17, 15) is 22.7 Å². The van der Waals surface area contributed by atoms with Crippen LogP contribution in [0.5, 0.6) is 0 Å². The van der Waals surface area contributed by atoms with Crippen LogP contribution in [-0.2, 0) is 12.8 Å². The van der Waals surface area contributed by atoms with Gasteiger partial charge in [0.1, 0.15) is 5.69 Å². The molecule has 0 aliphatic heterocycles.